The lowest BCUT2D eigenvalue weighted by Crippen LogP contribution is -2.39. The highest BCUT2D eigenvalue weighted by atomic mass is 32.2. The Balaban J connectivity index is 2.38. The Morgan fingerprint density at radius 2 is 1.79 bits per heavy atom. The van der Waals surface area contributed by atoms with Gasteiger partial charge in [-0.1, -0.05) is 12.1 Å². The van der Waals surface area contributed by atoms with Gasteiger partial charge in [0.2, 0.25) is 0 Å². The molecule has 0 saturated carbocycles. The number of aliphatic imine (C=N–C) groups is 1. The monoisotopic (exact) mass is 412 g/mol. The number of carbonyl (C=O) groups excluding carboxylic acids is 1. The van der Waals surface area contributed by atoms with Crippen molar-refractivity contribution >= 4 is 21.9 Å². The van der Waals surface area contributed by atoms with E-state index in [2.05, 4.69) is 20.9 Å². The molecular weight excluding hydrogens is 380 g/mol. The summed E-state index contributed by atoms with van der Waals surface area (Å²) in [6, 6.07) is 5.26. The number of amides is 1. The van der Waals surface area contributed by atoms with Crippen LogP contribution in [0.25, 0.3) is 0 Å². The molecule has 0 unspecified atom stereocenters. The zero-order chi connectivity index (χ0) is 21.4. The van der Waals surface area contributed by atoms with Crippen molar-refractivity contribution in [2.24, 2.45) is 4.99 Å². The Hall–Kier alpha value is -2.29. The fourth-order valence-corrected chi connectivity index (χ4v) is 3.40. The summed E-state index contributed by atoms with van der Waals surface area (Å²) >= 11 is 0. The smallest absolute Gasteiger partial charge is 0.407 e. The summed E-state index contributed by atoms with van der Waals surface area (Å²) in [6.07, 6.45) is 1.49. The predicted octanol–water partition coefficient (Wildman–Crippen LogP) is 1.98. The van der Waals surface area contributed by atoms with E-state index in [-0.39, 0.29) is 0 Å². The summed E-state index contributed by atoms with van der Waals surface area (Å²) in [6.45, 7) is 8.87. The number of carbonyl (C=O) groups is 1. The zero-order valence-corrected chi connectivity index (χ0v) is 18.4. The third-order valence-electron chi connectivity index (χ3n) is 3.64. The second-order valence-electron chi connectivity index (χ2n) is 7.51. The molecule has 0 atom stereocenters. The van der Waals surface area contributed by atoms with Crippen LogP contribution in [-0.4, -0.2) is 52.5 Å². The van der Waals surface area contributed by atoms with E-state index >= 15 is 0 Å². The van der Waals surface area contributed by atoms with Gasteiger partial charge in [-0.2, -0.15) is 0 Å². The van der Waals surface area contributed by atoms with Gasteiger partial charge in [-0.25, -0.2) is 13.2 Å². The second kappa shape index (κ2) is 10.3. The fraction of sp³-hybridized carbons (Fsp3) is 0.579. The Morgan fingerprint density at radius 1 is 1.14 bits per heavy atom. The third-order valence-corrected chi connectivity index (χ3v) is 4.89. The largest absolute Gasteiger partial charge is 0.444 e. The average molecular weight is 413 g/mol. The van der Waals surface area contributed by atoms with Crippen LogP contribution >= 0.6 is 0 Å². The van der Waals surface area contributed by atoms with Gasteiger partial charge < -0.3 is 20.7 Å². The van der Waals surface area contributed by atoms with Crippen LogP contribution < -0.4 is 16.0 Å². The molecule has 0 aliphatic heterocycles. The Bertz CT molecular complexity index is 799. The van der Waals surface area contributed by atoms with Crippen molar-refractivity contribution in [3.05, 3.63) is 29.3 Å². The predicted molar refractivity (Wildman–Crippen MR) is 111 cm³/mol. The van der Waals surface area contributed by atoms with E-state index in [1.54, 1.807) is 26.1 Å². The van der Waals surface area contributed by atoms with Crippen molar-refractivity contribution < 1.29 is 17.9 Å². The fourth-order valence-electron chi connectivity index (χ4n) is 2.44. The molecule has 9 heteroatoms. The van der Waals surface area contributed by atoms with Crippen molar-refractivity contribution in [1.29, 1.82) is 0 Å². The normalized spacial score (nSPS) is 12.4. The molecule has 0 aromatic heterocycles. The molecule has 1 rings (SSSR count). The lowest BCUT2D eigenvalue weighted by Gasteiger charge is -2.19. The zero-order valence-electron chi connectivity index (χ0n) is 17.5. The van der Waals surface area contributed by atoms with Crippen LogP contribution in [0.5, 0.6) is 0 Å². The summed E-state index contributed by atoms with van der Waals surface area (Å²) < 4.78 is 28.5. The average Bonchev–Trinajstić information content (AvgIpc) is 2.54. The second-order valence-corrected chi connectivity index (χ2v) is 9.49. The molecule has 0 spiro atoms. The molecule has 0 bridgehead atoms. The Labute approximate surface area is 168 Å². The molecule has 1 amide bonds. The van der Waals surface area contributed by atoms with Gasteiger partial charge in [-0.05, 0) is 51.3 Å². The first-order valence-electron chi connectivity index (χ1n) is 9.13. The number of nitrogens with one attached hydrogen (secondary N) is 3. The summed E-state index contributed by atoms with van der Waals surface area (Å²) in [7, 11) is -1.54. The number of guanidine groups is 1. The van der Waals surface area contributed by atoms with E-state index in [9.17, 15) is 13.2 Å². The highest BCUT2D eigenvalue weighted by Gasteiger charge is 2.15. The number of aryl methyl sites for hydroxylation is 1. The molecule has 0 aliphatic rings. The van der Waals surface area contributed by atoms with Gasteiger partial charge in [0.05, 0.1) is 4.90 Å². The number of hydrogen-bond donors (Lipinski definition) is 3. The highest BCUT2D eigenvalue weighted by Crippen LogP contribution is 2.16. The number of ether oxygens (including phenoxy) is 1. The van der Waals surface area contributed by atoms with Crippen molar-refractivity contribution in [3.8, 4) is 0 Å². The van der Waals surface area contributed by atoms with Gasteiger partial charge in [0.1, 0.15) is 5.60 Å². The first kappa shape index (κ1) is 23.7. The van der Waals surface area contributed by atoms with Crippen molar-refractivity contribution in [3.63, 3.8) is 0 Å². The molecule has 0 heterocycles. The maximum atomic E-state index is 11.7. The maximum Gasteiger partial charge on any atom is 0.407 e. The molecule has 28 heavy (non-hydrogen) atoms. The van der Waals surface area contributed by atoms with Gasteiger partial charge >= 0.3 is 6.09 Å². The van der Waals surface area contributed by atoms with E-state index in [1.807, 2.05) is 26.8 Å². The standard InChI is InChI=1S/C19H32N4O4S/c1-14-12-15(8-9-16(14)28(6,25)26)13-23-17(20-5)21-10-7-11-22-18(24)27-19(2,3)4/h8-9,12H,7,10-11,13H2,1-6H3,(H,22,24)(H2,20,21,23). The van der Waals surface area contributed by atoms with Crippen molar-refractivity contribution in [2.45, 2.75) is 51.2 Å². The SMILES string of the molecule is CN=C(NCCCNC(=O)OC(C)(C)C)NCc1ccc(S(C)(=O)=O)c(C)c1. The minimum Gasteiger partial charge on any atom is -0.444 e. The molecule has 0 fully saturated rings. The molecule has 0 saturated heterocycles. The summed E-state index contributed by atoms with van der Waals surface area (Å²) in [5.74, 6) is 0.627. The summed E-state index contributed by atoms with van der Waals surface area (Å²) in [5, 5.41) is 9.04. The van der Waals surface area contributed by atoms with Gasteiger partial charge in [-0.3, -0.25) is 4.99 Å². The molecule has 158 valence electrons. The van der Waals surface area contributed by atoms with Crippen molar-refractivity contribution in [1.82, 2.24) is 16.0 Å². The minimum atomic E-state index is -3.22. The lowest BCUT2D eigenvalue weighted by atomic mass is 10.1. The molecule has 1 aromatic rings. The van der Waals surface area contributed by atoms with E-state index in [0.717, 1.165) is 11.1 Å². The Morgan fingerprint density at radius 3 is 2.32 bits per heavy atom. The molecular formula is C19H32N4O4S. The first-order valence-corrected chi connectivity index (χ1v) is 11.0. The van der Waals surface area contributed by atoms with Crippen LogP contribution in [0.1, 0.15) is 38.3 Å². The van der Waals surface area contributed by atoms with Crippen LogP contribution in [0.2, 0.25) is 0 Å². The van der Waals surface area contributed by atoms with Gasteiger partial charge in [0.15, 0.2) is 15.8 Å². The van der Waals surface area contributed by atoms with E-state index in [0.29, 0.717) is 36.9 Å². The number of rotatable bonds is 7. The lowest BCUT2D eigenvalue weighted by molar-refractivity contribution is 0.0527. The van der Waals surface area contributed by atoms with Gasteiger partial charge in [0, 0.05) is 32.9 Å². The number of sulfone groups is 1. The van der Waals surface area contributed by atoms with E-state index < -0.39 is 21.5 Å². The molecule has 1 aromatic carbocycles. The van der Waals surface area contributed by atoms with Crippen LogP contribution in [0.15, 0.2) is 28.1 Å². The Kier molecular flexibility index (Phi) is 8.74. The summed E-state index contributed by atoms with van der Waals surface area (Å²) in [5.41, 5.74) is 1.17. The van der Waals surface area contributed by atoms with Gasteiger partial charge in [-0.15, -0.1) is 0 Å². The van der Waals surface area contributed by atoms with Crippen LogP contribution in [-0.2, 0) is 21.1 Å². The third kappa shape index (κ3) is 9.07. The number of hydrogen-bond acceptors (Lipinski definition) is 5. The summed E-state index contributed by atoms with van der Waals surface area (Å²) in [4.78, 5) is 16.1. The van der Waals surface area contributed by atoms with Crippen LogP contribution in [0.3, 0.4) is 0 Å². The minimum absolute atomic E-state index is 0.344. The van der Waals surface area contributed by atoms with Gasteiger partial charge in [0.25, 0.3) is 0 Å². The molecule has 0 radical (unpaired) electrons. The van der Waals surface area contributed by atoms with Crippen LogP contribution in [0, 0.1) is 6.92 Å². The first-order chi connectivity index (χ1) is 12.9. The van der Waals surface area contributed by atoms with Crippen LogP contribution in [0.4, 0.5) is 4.79 Å². The number of alkyl carbamates (subject to hydrolysis) is 1. The van der Waals surface area contributed by atoms with E-state index in [1.165, 1.54) is 6.26 Å². The van der Waals surface area contributed by atoms with E-state index in [4.69, 9.17) is 4.74 Å². The highest BCUT2D eigenvalue weighted by molar-refractivity contribution is 7.90. The molecule has 0 aliphatic carbocycles. The maximum absolute atomic E-state index is 11.7. The number of nitrogens with zero attached hydrogens (tertiary/aromatic N) is 1. The number of benzene rings is 1. The van der Waals surface area contributed by atoms with Crippen molar-refractivity contribution in [2.75, 3.05) is 26.4 Å². The topological polar surface area (TPSA) is 109 Å². The molecule has 8 nitrogen and oxygen atoms in total. The quantitative estimate of drug-likeness (QED) is 0.359. The molecule has 3 N–H and O–H groups in total.